The van der Waals surface area contributed by atoms with Crippen molar-refractivity contribution < 1.29 is 0 Å². The molecule has 3 nitrogen and oxygen atoms in total. The summed E-state index contributed by atoms with van der Waals surface area (Å²) in [5.74, 6) is 0. The van der Waals surface area contributed by atoms with Crippen molar-refractivity contribution in [3.05, 3.63) is 59.7 Å². The molecule has 0 saturated heterocycles. The van der Waals surface area contributed by atoms with Gasteiger partial charge in [0.1, 0.15) is 0 Å². The molecule has 0 unspecified atom stereocenters. The van der Waals surface area contributed by atoms with Crippen molar-refractivity contribution in [1.82, 2.24) is 15.3 Å². The Labute approximate surface area is 102 Å². The number of aryl methyl sites for hydroxylation is 1. The van der Waals surface area contributed by atoms with Crippen LogP contribution in [0.5, 0.6) is 0 Å². The molecule has 3 heteroatoms. The molecule has 0 bridgehead atoms. The van der Waals surface area contributed by atoms with Gasteiger partial charge in [0.15, 0.2) is 0 Å². The molecule has 0 aliphatic heterocycles. The summed E-state index contributed by atoms with van der Waals surface area (Å²) >= 11 is 0. The lowest BCUT2D eigenvalue weighted by Crippen LogP contribution is -2.17. The van der Waals surface area contributed by atoms with Crippen LogP contribution in [0, 0.1) is 6.92 Å². The highest BCUT2D eigenvalue weighted by atomic mass is 14.9. The van der Waals surface area contributed by atoms with Crippen molar-refractivity contribution in [3.63, 3.8) is 0 Å². The van der Waals surface area contributed by atoms with E-state index in [0.717, 1.165) is 30.9 Å². The monoisotopic (exact) mass is 227 g/mol. The molecule has 2 aromatic heterocycles. The second-order valence-corrected chi connectivity index (χ2v) is 4.07. The van der Waals surface area contributed by atoms with E-state index >= 15 is 0 Å². The van der Waals surface area contributed by atoms with Gasteiger partial charge < -0.3 is 5.32 Å². The molecule has 0 aromatic carbocycles. The van der Waals surface area contributed by atoms with E-state index in [0.29, 0.717) is 0 Å². The highest BCUT2D eigenvalue weighted by molar-refractivity contribution is 5.12. The Morgan fingerprint density at radius 1 is 1.06 bits per heavy atom. The van der Waals surface area contributed by atoms with Crippen LogP contribution in [0.15, 0.2) is 42.7 Å². The molecule has 0 aliphatic rings. The highest BCUT2D eigenvalue weighted by Gasteiger charge is 1.95. The Morgan fingerprint density at radius 3 is 2.71 bits per heavy atom. The van der Waals surface area contributed by atoms with Crippen LogP contribution in [0.2, 0.25) is 0 Å². The van der Waals surface area contributed by atoms with Crippen molar-refractivity contribution >= 4 is 0 Å². The van der Waals surface area contributed by atoms with Crippen LogP contribution >= 0.6 is 0 Å². The SMILES string of the molecule is Cc1ccc(CNCCc2ccccn2)nc1. The molecule has 17 heavy (non-hydrogen) atoms. The van der Waals surface area contributed by atoms with Gasteiger partial charge >= 0.3 is 0 Å². The van der Waals surface area contributed by atoms with E-state index in [9.17, 15) is 0 Å². The van der Waals surface area contributed by atoms with Crippen LogP contribution in [0.25, 0.3) is 0 Å². The molecule has 0 fully saturated rings. The third-order valence-electron chi connectivity index (χ3n) is 2.56. The first-order chi connectivity index (χ1) is 8.34. The minimum Gasteiger partial charge on any atom is -0.311 e. The predicted octanol–water partition coefficient (Wildman–Crippen LogP) is 2.12. The molecule has 1 N–H and O–H groups in total. The van der Waals surface area contributed by atoms with Crippen molar-refractivity contribution in [2.75, 3.05) is 6.54 Å². The maximum absolute atomic E-state index is 4.34. The summed E-state index contributed by atoms with van der Waals surface area (Å²) in [7, 11) is 0. The van der Waals surface area contributed by atoms with Gasteiger partial charge in [0.05, 0.1) is 5.69 Å². The Bertz CT molecular complexity index is 437. The third-order valence-corrected chi connectivity index (χ3v) is 2.56. The summed E-state index contributed by atoms with van der Waals surface area (Å²) in [5, 5.41) is 3.37. The number of nitrogens with one attached hydrogen (secondary N) is 1. The van der Waals surface area contributed by atoms with Gasteiger partial charge in [-0.1, -0.05) is 12.1 Å². The Morgan fingerprint density at radius 2 is 2.00 bits per heavy atom. The second-order valence-electron chi connectivity index (χ2n) is 4.07. The molecule has 0 saturated carbocycles. The lowest BCUT2D eigenvalue weighted by molar-refractivity contribution is 0.668. The van der Waals surface area contributed by atoms with Gasteiger partial charge in [0, 0.05) is 37.6 Å². The zero-order chi connectivity index (χ0) is 11.9. The first-order valence-electron chi connectivity index (χ1n) is 5.87. The van der Waals surface area contributed by atoms with E-state index in [1.165, 1.54) is 5.56 Å². The number of pyridine rings is 2. The van der Waals surface area contributed by atoms with Crippen LogP contribution in [0.3, 0.4) is 0 Å². The fourth-order valence-corrected chi connectivity index (χ4v) is 1.58. The number of nitrogens with zero attached hydrogens (tertiary/aromatic N) is 2. The van der Waals surface area contributed by atoms with Crippen LogP contribution in [0.4, 0.5) is 0 Å². The van der Waals surface area contributed by atoms with Gasteiger partial charge in [-0.2, -0.15) is 0 Å². The summed E-state index contributed by atoms with van der Waals surface area (Å²) in [6, 6.07) is 10.1. The van der Waals surface area contributed by atoms with Crippen LogP contribution < -0.4 is 5.32 Å². The number of rotatable bonds is 5. The van der Waals surface area contributed by atoms with E-state index < -0.39 is 0 Å². The number of hydrogen-bond acceptors (Lipinski definition) is 3. The third kappa shape index (κ3) is 3.96. The van der Waals surface area contributed by atoms with E-state index in [1.807, 2.05) is 37.5 Å². The number of hydrogen-bond donors (Lipinski definition) is 1. The average molecular weight is 227 g/mol. The quantitative estimate of drug-likeness (QED) is 0.795. The Hall–Kier alpha value is -1.74. The smallest absolute Gasteiger partial charge is 0.0541 e. The molecule has 2 aromatic rings. The largest absolute Gasteiger partial charge is 0.311 e. The van der Waals surface area contributed by atoms with Gasteiger partial charge in [0.25, 0.3) is 0 Å². The van der Waals surface area contributed by atoms with Crippen molar-refractivity contribution in [2.24, 2.45) is 0 Å². The summed E-state index contributed by atoms with van der Waals surface area (Å²) in [6.45, 7) is 3.78. The maximum atomic E-state index is 4.34. The molecule has 88 valence electrons. The van der Waals surface area contributed by atoms with E-state index in [-0.39, 0.29) is 0 Å². The van der Waals surface area contributed by atoms with E-state index in [4.69, 9.17) is 0 Å². The minimum absolute atomic E-state index is 0.813. The zero-order valence-electron chi connectivity index (χ0n) is 10.1. The van der Waals surface area contributed by atoms with Gasteiger partial charge in [0.2, 0.25) is 0 Å². The normalized spacial score (nSPS) is 10.4. The minimum atomic E-state index is 0.813. The summed E-state index contributed by atoms with van der Waals surface area (Å²) < 4.78 is 0. The summed E-state index contributed by atoms with van der Waals surface area (Å²) in [5.41, 5.74) is 3.40. The lowest BCUT2D eigenvalue weighted by atomic mass is 10.2. The number of aromatic nitrogens is 2. The fourth-order valence-electron chi connectivity index (χ4n) is 1.58. The standard InChI is InChI=1S/C14H17N3/c1-12-5-6-14(17-10-12)11-15-9-7-13-4-2-3-8-16-13/h2-6,8,10,15H,7,9,11H2,1H3. The van der Waals surface area contributed by atoms with Crippen molar-refractivity contribution in [2.45, 2.75) is 19.9 Å². The summed E-state index contributed by atoms with van der Waals surface area (Å²) in [4.78, 5) is 8.62. The molecule has 2 rings (SSSR count). The molecule has 0 radical (unpaired) electrons. The van der Waals surface area contributed by atoms with Gasteiger partial charge in [-0.25, -0.2) is 0 Å². The molecule has 0 amide bonds. The van der Waals surface area contributed by atoms with Crippen LogP contribution in [-0.4, -0.2) is 16.5 Å². The van der Waals surface area contributed by atoms with Gasteiger partial charge in [-0.15, -0.1) is 0 Å². The van der Waals surface area contributed by atoms with Crippen molar-refractivity contribution in [1.29, 1.82) is 0 Å². The molecule has 0 atom stereocenters. The summed E-state index contributed by atoms with van der Waals surface area (Å²) in [6.07, 6.45) is 4.68. The lowest BCUT2D eigenvalue weighted by Gasteiger charge is -2.04. The van der Waals surface area contributed by atoms with E-state index in [1.54, 1.807) is 0 Å². The van der Waals surface area contributed by atoms with Crippen molar-refractivity contribution in [3.8, 4) is 0 Å². The first-order valence-corrected chi connectivity index (χ1v) is 5.87. The Balaban J connectivity index is 1.71. The first kappa shape index (κ1) is 11.7. The highest BCUT2D eigenvalue weighted by Crippen LogP contribution is 1.98. The predicted molar refractivity (Wildman–Crippen MR) is 68.6 cm³/mol. The van der Waals surface area contributed by atoms with Gasteiger partial charge in [-0.3, -0.25) is 9.97 Å². The Kier molecular flexibility index (Phi) is 4.22. The maximum Gasteiger partial charge on any atom is 0.0541 e. The molecular weight excluding hydrogens is 210 g/mol. The zero-order valence-corrected chi connectivity index (χ0v) is 10.1. The second kappa shape index (κ2) is 6.11. The fraction of sp³-hybridized carbons (Fsp3) is 0.286. The average Bonchev–Trinajstić information content (AvgIpc) is 2.38. The van der Waals surface area contributed by atoms with E-state index in [2.05, 4.69) is 27.4 Å². The van der Waals surface area contributed by atoms with Crippen LogP contribution in [-0.2, 0) is 13.0 Å². The van der Waals surface area contributed by atoms with Gasteiger partial charge in [-0.05, 0) is 30.7 Å². The molecule has 2 heterocycles. The molecular formula is C14H17N3. The molecule has 0 spiro atoms. The van der Waals surface area contributed by atoms with Crippen LogP contribution in [0.1, 0.15) is 17.0 Å². The topological polar surface area (TPSA) is 37.8 Å². The molecule has 0 aliphatic carbocycles.